The standard InChI is InChI=1S/C29H27Cl2N3O4.H2S/c1-32-21-16-23(30)27(24(31)17-21)28(35)34-26(29(36)37)15-18-8-12-22(13-9-18)38-14-4-6-20-11-10-19-5-2-3-7-25(19)33-20;/h8-13,16-17,26H,2-7,14-15H2,(H,34,35)(H,36,37);1H2/t26-;/m0./s1. The third kappa shape index (κ3) is 8.12. The van der Waals surface area contributed by atoms with E-state index in [0.29, 0.717) is 17.9 Å². The number of halogens is 2. The van der Waals surface area contributed by atoms with Gasteiger partial charge in [-0.3, -0.25) is 9.78 Å². The van der Waals surface area contributed by atoms with Crippen LogP contribution in [0.15, 0.2) is 48.5 Å². The molecule has 10 heteroatoms. The lowest BCUT2D eigenvalue weighted by Crippen LogP contribution is -2.42. The molecule has 0 radical (unpaired) electrons. The third-order valence-corrected chi connectivity index (χ3v) is 7.03. The molecular formula is C29H29Cl2N3O4S. The van der Waals surface area contributed by atoms with Gasteiger partial charge in [0.25, 0.3) is 5.91 Å². The number of carboxylic acid groups (broad SMARTS) is 1. The lowest BCUT2D eigenvalue weighted by molar-refractivity contribution is -0.139. The van der Waals surface area contributed by atoms with Gasteiger partial charge in [-0.05, 0) is 80.0 Å². The van der Waals surface area contributed by atoms with Gasteiger partial charge in [0.1, 0.15) is 11.8 Å². The van der Waals surface area contributed by atoms with E-state index in [1.807, 2.05) is 0 Å². The van der Waals surface area contributed by atoms with Crippen LogP contribution in [0, 0.1) is 6.57 Å². The Balaban J connectivity index is 0.00000420. The van der Waals surface area contributed by atoms with E-state index in [-0.39, 0.29) is 41.2 Å². The number of rotatable bonds is 10. The number of amides is 1. The van der Waals surface area contributed by atoms with Gasteiger partial charge in [0, 0.05) is 27.9 Å². The average molecular weight is 587 g/mol. The molecule has 1 aliphatic carbocycles. The largest absolute Gasteiger partial charge is 0.494 e. The van der Waals surface area contributed by atoms with E-state index in [0.717, 1.165) is 31.4 Å². The molecule has 0 fully saturated rings. The molecule has 2 aromatic carbocycles. The molecule has 0 saturated carbocycles. The number of benzene rings is 2. The fourth-order valence-corrected chi connectivity index (χ4v) is 5.09. The van der Waals surface area contributed by atoms with E-state index in [9.17, 15) is 14.7 Å². The second-order valence-electron chi connectivity index (χ2n) is 9.18. The highest BCUT2D eigenvalue weighted by Crippen LogP contribution is 2.30. The minimum Gasteiger partial charge on any atom is -0.494 e. The highest BCUT2D eigenvalue weighted by atomic mass is 35.5. The van der Waals surface area contributed by atoms with Gasteiger partial charge in [-0.15, -0.1) is 0 Å². The van der Waals surface area contributed by atoms with E-state index < -0.39 is 17.9 Å². The number of fused-ring (bicyclic) bond motifs is 1. The number of ether oxygens (including phenoxy) is 1. The fourth-order valence-electron chi connectivity index (χ4n) is 4.44. The van der Waals surface area contributed by atoms with Gasteiger partial charge in [-0.2, -0.15) is 13.5 Å². The number of aromatic nitrogens is 1. The molecule has 0 unspecified atom stereocenters. The number of pyridine rings is 1. The highest BCUT2D eigenvalue weighted by molar-refractivity contribution is 7.59. The van der Waals surface area contributed by atoms with Crippen LogP contribution in [0.3, 0.4) is 0 Å². The van der Waals surface area contributed by atoms with Gasteiger partial charge in [-0.1, -0.05) is 41.4 Å². The summed E-state index contributed by atoms with van der Waals surface area (Å²) in [5, 5.41) is 12.1. The summed E-state index contributed by atoms with van der Waals surface area (Å²) in [6.45, 7) is 7.59. The Morgan fingerprint density at radius 2 is 1.77 bits per heavy atom. The third-order valence-electron chi connectivity index (χ3n) is 6.43. The smallest absolute Gasteiger partial charge is 0.326 e. The Kier molecular flexibility index (Phi) is 11.0. The van der Waals surface area contributed by atoms with Gasteiger partial charge in [0.2, 0.25) is 0 Å². The van der Waals surface area contributed by atoms with E-state index in [2.05, 4.69) is 22.3 Å². The Morgan fingerprint density at radius 3 is 2.44 bits per heavy atom. The Hall–Kier alpha value is -3.25. The van der Waals surface area contributed by atoms with Crippen LogP contribution in [0.4, 0.5) is 5.69 Å². The van der Waals surface area contributed by atoms with Crippen molar-refractivity contribution in [1.82, 2.24) is 10.3 Å². The molecule has 1 heterocycles. The summed E-state index contributed by atoms with van der Waals surface area (Å²) in [6, 6.07) is 12.8. The summed E-state index contributed by atoms with van der Waals surface area (Å²) >= 11 is 12.2. The molecule has 0 saturated heterocycles. The quantitative estimate of drug-likeness (QED) is 0.213. The first-order valence-corrected chi connectivity index (χ1v) is 13.2. The number of carboxylic acids is 1. The number of nitrogens with one attached hydrogen (secondary N) is 1. The Morgan fingerprint density at radius 1 is 1.08 bits per heavy atom. The van der Waals surface area contributed by atoms with Crippen molar-refractivity contribution in [1.29, 1.82) is 0 Å². The van der Waals surface area contributed by atoms with Crippen LogP contribution in [0.1, 0.15) is 52.1 Å². The van der Waals surface area contributed by atoms with Crippen molar-refractivity contribution in [3.63, 3.8) is 0 Å². The van der Waals surface area contributed by atoms with Crippen LogP contribution in [0.2, 0.25) is 10.0 Å². The summed E-state index contributed by atoms with van der Waals surface area (Å²) < 4.78 is 5.85. The molecule has 1 atom stereocenters. The number of carbonyl (C=O) groups excluding carboxylic acids is 1. The monoisotopic (exact) mass is 585 g/mol. The Labute approximate surface area is 244 Å². The predicted octanol–water partition coefficient (Wildman–Crippen LogP) is 6.37. The molecular weight excluding hydrogens is 557 g/mol. The maximum Gasteiger partial charge on any atom is 0.326 e. The zero-order chi connectivity index (χ0) is 27.1. The van der Waals surface area contributed by atoms with Crippen LogP contribution in [-0.4, -0.2) is 34.6 Å². The van der Waals surface area contributed by atoms with Gasteiger partial charge in [0.15, 0.2) is 5.69 Å². The first-order chi connectivity index (χ1) is 18.3. The second-order valence-corrected chi connectivity index (χ2v) is 9.99. The molecule has 4 rings (SSSR count). The van der Waals surface area contributed by atoms with Crippen LogP contribution < -0.4 is 10.1 Å². The maximum absolute atomic E-state index is 12.7. The first-order valence-electron chi connectivity index (χ1n) is 12.4. The van der Waals surface area contributed by atoms with Crippen molar-refractivity contribution in [2.75, 3.05) is 6.61 Å². The number of hydrogen-bond acceptors (Lipinski definition) is 4. The highest BCUT2D eigenvalue weighted by Gasteiger charge is 2.24. The molecule has 1 amide bonds. The molecule has 3 aromatic rings. The minimum atomic E-state index is -1.20. The molecule has 39 heavy (non-hydrogen) atoms. The zero-order valence-corrected chi connectivity index (χ0v) is 23.7. The van der Waals surface area contributed by atoms with E-state index >= 15 is 0 Å². The summed E-state index contributed by atoms with van der Waals surface area (Å²) in [6.07, 6.45) is 6.39. The summed E-state index contributed by atoms with van der Waals surface area (Å²) in [5.74, 6) is -1.24. The van der Waals surface area contributed by atoms with Gasteiger partial charge in [-0.25, -0.2) is 9.64 Å². The Bertz CT molecular complexity index is 1350. The number of nitrogens with zero attached hydrogens (tertiary/aromatic N) is 2. The van der Waals surface area contributed by atoms with Crippen LogP contribution in [-0.2, 0) is 30.5 Å². The van der Waals surface area contributed by atoms with Gasteiger partial charge < -0.3 is 15.2 Å². The molecule has 0 aliphatic heterocycles. The normalized spacial score (nSPS) is 12.8. The van der Waals surface area contributed by atoms with Crippen LogP contribution >= 0.6 is 36.7 Å². The summed E-state index contributed by atoms with van der Waals surface area (Å²) in [5.41, 5.74) is 4.54. The van der Waals surface area contributed by atoms with Crippen molar-refractivity contribution < 1.29 is 19.4 Å². The number of aliphatic carboxylic acids is 1. The summed E-state index contributed by atoms with van der Waals surface area (Å²) in [4.78, 5) is 32.6. The van der Waals surface area contributed by atoms with Crippen molar-refractivity contribution >= 4 is 54.3 Å². The van der Waals surface area contributed by atoms with Crippen molar-refractivity contribution in [3.05, 3.63) is 98.1 Å². The van der Waals surface area contributed by atoms with E-state index in [4.69, 9.17) is 39.5 Å². The molecule has 1 aromatic heterocycles. The first kappa shape index (κ1) is 30.3. The molecule has 0 bridgehead atoms. The number of hydrogen-bond donors (Lipinski definition) is 2. The molecule has 2 N–H and O–H groups in total. The van der Waals surface area contributed by atoms with Gasteiger partial charge >= 0.3 is 5.97 Å². The van der Waals surface area contributed by atoms with Crippen LogP contribution in [0.5, 0.6) is 5.75 Å². The SMILES string of the molecule is S.[C-]#[N+]c1cc(Cl)c(C(=O)N[C@@H](Cc2ccc(OCCCc3ccc4c(n3)CCCC4)cc2)C(=O)O)c(Cl)c1. The lowest BCUT2D eigenvalue weighted by Gasteiger charge is -2.16. The molecule has 1 aliphatic rings. The molecule has 0 spiro atoms. The zero-order valence-electron chi connectivity index (χ0n) is 21.2. The number of aryl methyl sites for hydroxylation is 3. The molecule has 7 nitrogen and oxygen atoms in total. The predicted molar refractivity (Wildman–Crippen MR) is 157 cm³/mol. The number of carbonyl (C=O) groups is 2. The fraction of sp³-hybridized carbons (Fsp3) is 0.310. The topological polar surface area (TPSA) is 92.9 Å². The summed E-state index contributed by atoms with van der Waals surface area (Å²) in [7, 11) is 0. The second kappa shape index (κ2) is 14.2. The van der Waals surface area contributed by atoms with Crippen molar-refractivity contribution in [3.8, 4) is 5.75 Å². The average Bonchev–Trinajstić information content (AvgIpc) is 2.91. The maximum atomic E-state index is 12.7. The lowest BCUT2D eigenvalue weighted by atomic mass is 9.95. The van der Waals surface area contributed by atoms with Crippen molar-refractivity contribution in [2.24, 2.45) is 0 Å². The van der Waals surface area contributed by atoms with Crippen molar-refractivity contribution in [2.45, 2.75) is 51.0 Å². The van der Waals surface area contributed by atoms with E-state index in [1.54, 1.807) is 24.3 Å². The van der Waals surface area contributed by atoms with Crippen LogP contribution in [0.25, 0.3) is 4.85 Å². The molecule has 204 valence electrons. The van der Waals surface area contributed by atoms with E-state index in [1.165, 1.54) is 36.2 Å². The van der Waals surface area contributed by atoms with Gasteiger partial charge in [0.05, 0.1) is 18.7 Å². The minimum absolute atomic E-state index is 0.